The van der Waals surface area contributed by atoms with Gasteiger partial charge in [0.15, 0.2) is 5.76 Å². The number of furan rings is 1. The number of anilines is 1. The Morgan fingerprint density at radius 1 is 1.10 bits per heavy atom. The summed E-state index contributed by atoms with van der Waals surface area (Å²) in [6.45, 7) is 0.683. The Morgan fingerprint density at radius 2 is 1.93 bits per heavy atom. The molecule has 0 atom stereocenters. The van der Waals surface area contributed by atoms with Crippen LogP contribution in [0.3, 0.4) is 0 Å². The Hall–Kier alpha value is -3.80. The molecule has 1 saturated carbocycles. The van der Waals surface area contributed by atoms with Crippen LogP contribution in [0.5, 0.6) is 5.75 Å². The third kappa shape index (κ3) is 3.72. The normalized spacial score (nSPS) is 13.3. The Morgan fingerprint density at radius 3 is 2.67 bits per heavy atom. The first kappa shape index (κ1) is 18.2. The molecule has 1 aliphatic rings. The summed E-state index contributed by atoms with van der Waals surface area (Å²) in [6.07, 6.45) is 3.77. The molecule has 150 valence electrons. The third-order valence-corrected chi connectivity index (χ3v) is 5.26. The number of amides is 1. The molecule has 1 aliphatic carbocycles. The third-order valence-electron chi connectivity index (χ3n) is 5.26. The molecule has 6 heteroatoms. The maximum Gasteiger partial charge on any atom is 0.291 e. The topological polar surface area (TPSA) is 80.3 Å². The minimum Gasteiger partial charge on any atom is -0.507 e. The Bertz CT molecular complexity index is 1180. The van der Waals surface area contributed by atoms with Crippen molar-refractivity contribution in [1.82, 2.24) is 9.78 Å². The molecule has 30 heavy (non-hydrogen) atoms. The molecule has 2 N–H and O–H groups in total. The van der Waals surface area contributed by atoms with Crippen LogP contribution in [0.4, 0.5) is 5.69 Å². The van der Waals surface area contributed by atoms with Gasteiger partial charge in [-0.2, -0.15) is 5.10 Å². The fourth-order valence-corrected chi connectivity index (χ4v) is 3.57. The first-order valence-corrected chi connectivity index (χ1v) is 9.97. The van der Waals surface area contributed by atoms with Crippen LogP contribution >= 0.6 is 0 Å². The molecule has 6 nitrogen and oxygen atoms in total. The average Bonchev–Trinajstić information content (AvgIpc) is 3.28. The number of hydrogen-bond acceptors (Lipinski definition) is 4. The number of benzene rings is 2. The molecule has 2 aromatic carbocycles. The van der Waals surface area contributed by atoms with E-state index in [9.17, 15) is 9.90 Å². The summed E-state index contributed by atoms with van der Waals surface area (Å²) in [7, 11) is 0. The van der Waals surface area contributed by atoms with Crippen molar-refractivity contribution < 1.29 is 14.3 Å². The van der Waals surface area contributed by atoms with Gasteiger partial charge in [0, 0.05) is 22.9 Å². The maximum absolute atomic E-state index is 12.3. The van der Waals surface area contributed by atoms with Crippen molar-refractivity contribution in [2.75, 3.05) is 5.32 Å². The van der Waals surface area contributed by atoms with E-state index in [2.05, 4.69) is 17.4 Å². The molecule has 5 rings (SSSR count). The molecule has 2 aromatic heterocycles. The van der Waals surface area contributed by atoms with Gasteiger partial charge in [-0.25, -0.2) is 0 Å². The minimum absolute atomic E-state index is 0.123. The van der Waals surface area contributed by atoms with E-state index in [1.165, 1.54) is 17.5 Å². The van der Waals surface area contributed by atoms with Gasteiger partial charge in [-0.15, -0.1) is 0 Å². The first-order chi connectivity index (χ1) is 14.7. The quantitative estimate of drug-likeness (QED) is 0.446. The lowest BCUT2D eigenvalue weighted by Gasteiger charge is -2.08. The van der Waals surface area contributed by atoms with E-state index in [1.54, 1.807) is 30.3 Å². The number of phenols is 1. The highest BCUT2D eigenvalue weighted by molar-refractivity contribution is 6.02. The number of phenolic OH excluding ortho intramolecular Hbond substituents is 1. The summed E-state index contributed by atoms with van der Waals surface area (Å²) in [5.74, 6) is 0.523. The number of hydrogen-bond donors (Lipinski definition) is 2. The van der Waals surface area contributed by atoms with E-state index >= 15 is 0 Å². The standard InChI is InChI=1S/C24H21N3O3/c28-22-11-10-18(25-24(29)23-7-4-12-30-23)13-19(22)20-14-21(17-8-9-17)27(26-20)15-16-5-2-1-3-6-16/h1-7,10-14,17,28H,8-9,15H2,(H,25,29). The lowest BCUT2D eigenvalue weighted by atomic mass is 10.1. The summed E-state index contributed by atoms with van der Waals surface area (Å²) in [4.78, 5) is 12.3. The van der Waals surface area contributed by atoms with Crippen molar-refractivity contribution >= 4 is 11.6 Å². The number of carbonyl (C=O) groups is 1. The molecular formula is C24H21N3O3. The zero-order valence-electron chi connectivity index (χ0n) is 16.3. The Labute approximate surface area is 173 Å². The predicted octanol–water partition coefficient (Wildman–Crippen LogP) is 5.03. The lowest BCUT2D eigenvalue weighted by molar-refractivity contribution is 0.0996. The van der Waals surface area contributed by atoms with Gasteiger partial charge in [-0.05, 0) is 54.8 Å². The molecule has 0 radical (unpaired) electrons. The van der Waals surface area contributed by atoms with Crippen LogP contribution in [0.1, 0.15) is 40.6 Å². The molecule has 2 heterocycles. The number of aromatic nitrogens is 2. The van der Waals surface area contributed by atoms with Crippen molar-refractivity contribution in [2.24, 2.45) is 0 Å². The molecule has 0 spiro atoms. The van der Waals surface area contributed by atoms with Gasteiger partial charge in [-0.3, -0.25) is 9.48 Å². The average molecular weight is 399 g/mol. The molecule has 1 amide bonds. The number of nitrogens with one attached hydrogen (secondary N) is 1. The van der Waals surface area contributed by atoms with E-state index in [0.717, 1.165) is 12.8 Å². The van der Waals surface area contributed by atoms with Gasteiger partial charge in [0.25, 0.3) is 5.91 Å². The van der Waals surface area contributed by atoms with Crippen LogP contribution in [0, 0.1) is 0 Å². The fourth-order valence-electron chi connectivity index (χ4n) is 3.57. The number of rotatable bonds is 6. The van der Waals surface area contributed by atoms with Crippen LogP contribution < -0.4 is 5.32 Å². The number of nitrogens with zero attached hydrogens (tertiary/aromatic N) is 2. The largest absolute Gasteiger partial charge is 0.507 e. The molecule has 0 unspecified atom stereocenters. The van der Waals surface area contributed by atoms with E-state index in [4.69, 9.17) is 9.52 Å². The minimum atomic E-state index is -0.343. The van der Waals surface area contributed by atoms with E-state index in [-0.39, 0.29) is 17.4 Å². The number of aromatic hydroxyl groups is 1. The number of carbonyl (C=O) groups excluding carboxylic acids is 1. The van der Waals surface area contributed by atoms with Gasteiger partial charge in [0.2, 0.25) is 0 Å². The molecular weight excluding hydrogens is 378 g/mol. The van der Waals surface area contributed by atoms with E-state index in [1.807, 2.05) is 28.9 Å². The monoisotopic (exact) mass is 399 g/mol. The van der Waals surface area contributed by atoms with Gasteiger partial charge in [0.1, 0.15) is 5.75 Å². The smallest absolute Gasteiger partial charge is 0.291 e. The lowest BCUT2D eigenvalue weighted by Crippen LogP contribution is -2.10. The highest BCUT2D eigenvalue weighted by Crippen LogP contribution is 2.42. The second-order valence-corrected chi connectivity index (χ2v) is 7.54. The Balaban J connectivity index is 1.46. The molecule has 0 bridgehead atoms. The van der Waals surface area contributed by atoms with Crippen molar-refractivity contribution in [3.63, 3.8) is 0 Å². The van der Waals surface area contributed by atoms with Crippen LogP contribution in [0.15, 0.2) is 77.4 Å². The van der Waals surface area contributed by atoms with Crippen LogP contribution in [-0.2, 0) is 6.54 Å². The Kier molecular flexibility index (Phi) is 4.59. The van der Waals surface area contributed by atoms with Crippen LogP contribution in [-0.4, -0.2) is 20.8 Å². The van der Waals surface area contributed by atoms with Crippen molar-refractivity contribution in [3.8, 4) is 17.0 Å². The summed E-state index contributed by atoms with van der Waals surface area (Å²) >= 11 is 0. The molecule has 0 aliphatic heterocycles. The summed E-state index contributed by atoms with van der Waals surface area (Å²) in [5, 5.41) is 18.1. The summed E-state index contributed by atoms with van der Waals surface area (Å²) in [6, 6.07) is 20.5. The van der Waals surface area contributed by atoms with Gasteiger partial charge < -0.3 is 14.8 Å². The van der Waals surface area contributed by atoms with Crippen molar-refractivity contribution in [1.29, 1.82) is 0 Å². The van der Waals surface area contributed by atoms with Gasteiger partial charge in [0.05, 0.1) is 18.5 Å². The van der Waals surface area contributed by atoms with Crippen LogP contribution in [0.25, 0.3) is 11.3 Å². The van der Waals surface area contributed by atoms with E-state index in [0.29, 0.717) is 29.4 Å². The predicted molar refractivity (Wildman–Crippen MR) is 114 cm³/mol. The first-order valence-electron chi connectivity index (χ1n) is 9.97. The van der Waals surface area contributed by atoms with Crippen molar-refractivity contribution in [2.45, 2.75) is 25.3 Å². The highest BCUT2D eigenvalue weighted by Gasteiger charge is 2.29. The van der Waals surface area contributed by atoms with Gasteiger partial charge in [-0.1, -0.05) is 30.3 Å². The molecule has 1 fully saturated rings. The zero-order chi connectivity index (χ0) is 20.5. The maximum atomic E-state index is 12.3. The van der Waals surface area contributed by atoms with Gasteiger partial charge >= 0.3 is 0 Å². The SMILES string of the molecule is O=C(Nc1ccc(O)c(-c2cc(C3CC3)n(Cc3ccccc3)n2)c1)c1ccco1. The second-order valence-electron chi connectivity index (χ2n) is 7.54. The van der Waals surface area contributed by atoms with Crippen LogP contribution in [0.2, 0.25) is 0 Å². The highest BCUT2D eigenvalue weighted by atomic mass is 16.3. The molecule has 0 saturated heterocycles. The summed E-state index contributed by atoms with van der Waals surface area (Å²) in [5.41, 5.74) is 4.20. The second kappa shape index (κ2) is 7.55. The van der Waals surface area contributed by atoms with Crippen molar-refractivity contribution in [3.05, 3.63) is 90.0 Å². The fraction of sp³-hybridized carbons (Fsp3) is 0.167. The van der Waals surface area contributed by atoms with E-state index < -0.39 is 0 Å². The summed E-state index contributed by atoms with van der Waals surface area (Å²) < 4.78 is 7.16. The molecule has 4 aromatic rings. The zero-order valence-corrected chi connectivity index (χ0v) is 16.3.